The van der Waals surface area contributed by atoms with Crippen molar-refractivity contribution in [3.8, 4) is 0 Å². The van der Waals surface area contributed by atoms with Gasteiger partial charge in [-0.05, 0) is 43.9 Å². The Morgan fingerprint density at radius 2 is 1.68 bits per heavy atom. The Bertz CT molecular complexity index is 784. The van der Waals surface area contributed by atoms with Crippen molar-refractivity contribution in [2.75, 3.05) is 20.2 Å². The summed E-state index contributed by atoms with van der Waals surface area (Å²) in [6, 6.07) is 21.0. The van der Waals surface area contributed by atoms with Crippen LogP contribution in [0.2, 0.25) is 0 Å². The molecule has 5 heteroatoms. The molecule has 3 atom stereocenters. The lowest BCUT2D eigenvalue weighted by Gasteiger charge is -2.38. The van der Waals surface area contributed by atoms with E-state index in [1.807, 2.05) is 24.3 Å². The normalized spacial score (nSPS) is 14.0. The van der Waals surface area contributed by atoms with Gasteiger partial charge in [0.2, 0.25) is 0 Å². The van der Waals surface area contributed by atoms with E-state index in [1.54, 1.807) is 0 Å². The molecule has 0 bridgehead atoms. The van der Waals surface area contributed by atoms with Gasteiger partial charge in [-0.15, -0.1) is 0 Å². The van der Waals surface area contributed by atoms with Crippen molar-refractivity contribution < 1.29 is 14.3 Å². The Kier molecular flexibility index (Phi) is 13.5. The zero-order valence-corrected chi connectivity index (χ0v) is 21.3. The molecule has 0 radical (unpaired) electrons. The standard InChI is InChI=1S/C29H44N2O3/c1-4-5-8-18-28(34-23-25-14-9-6-10-15-25)21-27(22-29(32)33-3)31(20-13-19-30)24(2)26-16-11-7-12-17-26/h6-7,9-12,14-17,24,27-28H,4-5,8,13,18-23,30H2,1-3H3/t24-,27-,28-/m1/s1. The lowest BCUT2D eigenvalue weighted by atomic mass is 9.96. The van der Waals surface area contributed by atoms with Gasteiger partial charge < -0.3 is 15.2 Å². The summed E-state index contributed by atoms with van der Waals surface area (Å²) in [6.07, 6.45) is 6.55. The second-order valence-corrected chi connectivity index (χ2v) is 9.05. The van der Waals surface area contributed by atoms with Gasteiger partial charge in [0.05, 0.1) is 26.2 Å². The fourth-order valence-electron chi connectivity index (χ4n) is 4.48. The number of benzene rings is 2. The number of hydrogen-bond acceptors (Lipinski definition) is 5. The topological polar surface area (TPSA) is 64.8 Å². The molecule has 0 saturated carbocycles. The maximum atomic E-state index is 12.5. The Balaban J connectivity index is 2.24. The molecule has 2 N–H and O–H groups in total. The first kappa shape index (κ1) is 28.0. The van der Waals surface area contributed by atoms with E-state index in [0.29, 0.717) is 19.6 Å². The van der Waals surface area contributed by atoms with Crippen molar-refractivity contribution in [3.05, 3.63) is 71.8 Å². The molecule has 188 valence electrons. The Labute approximate surface area is 206 Å². The quantitative estimate of drug-likeness (QED) is 0.232. The predicted octanol–water partition coefficient (Wildman–Crippen LogP) is 5.89. The third kappa shape index (κ3) is 9.96. The molecule has 0 spiro atoms. The monoisotopic (exact) mass is 468 g/mol. The van der Waals surface area contributed by atoms with Crippen LogP contribution >= 0.6 is 0 Å². The maximum Gasteiger partial charge on any atom is 0.307 e. The minimum absolute atomic E-state index is 0.0107. The van der Waals surface area contributed by atoms with E-state index < -0.39 is 0 Å². The first-order chi connectivity index (χ1) is 16.6. The number of nitrogens with zero attached hydrogens (tertiary/aromatic N) is 1. The minimum Gasteiger partial charge on any atom is -0.469 e. The summed E-state index contributed by atoms with van der Waals surface area (Å²) in [5.74, 6) is -0.182. The van der Waals surface area contributed by atoms with E-state index in [0.717, 1.165) is 32.2 Å². The number of rotatable bonds is 17. The second kappa shape index (κ2) is 16.4. The van der Waals surface area contributed by atoms with Gasteiger partial charge in [-0.25, -0.2) is 0 Å². The van der Waals surface area contributed by atoms with Crippen LogP contribution in [0.25, 0.3) is 0 Å². The smallest absolute Gasteiger partial charge is 0.307 e. The fourth-order valence-corrected chi connectivity index (χ4v) is 4.48. The summed E-state index contributed by atoms with van der Waals surface area (Å²) < 4.78 is 11.6. The molecule has 5 nitrogen and oxygen atoms in total. The highest BCUT2D eigenvalue weighted by atomic mass is 16.5. The lowest BCUT2D eigenvalue weighted by Crippen LogP contribution is -2.42. The van der Waals surface area contributed by atoms with Crippen LogP contribution in [0, 0.1) is 0 Å². The number of hydrogen-bond donors (Lipinski definition) is 1. The zero-order chi connectivity index (χ0) is 24.6. The van der Waals surface area contributed by atoms with Gasteiger partial charge in [0.15, 0.2) is 0 Å². The number of carbonyl (C=O) groups excluding carboxylic acids is 1. The Hall–Kier alpha value is -2.21. The van der Waals surface area contributed by atoms with Crippen molar-refractivity contribution in [2.45, 2.75) is 83.6 Å². The van der Waals surface area contributed by atoms with Gasteiger partial charge in [0.25, 0.3) is 0 Å². The molecule has 0 saturated heterocycles. The number of carbonyl (C=O) groups is 1. The van der Waals surface area contributed by atoms with Crippen molar-refractivity contribution in [1.29, 1.82) is 0 Å². The van der Waals surface area contributed by atoms with E-state index in [9.17, 15) is 4.79 Å². The summed E-state index contributed by atoms with van der Waals surface area (Å²) in [5.41, 5.74) is 8.30. The van der Waals surface area contributed by atoms with Crippen LogP contribution in [0.3, 0.4) is 0 Å². The van der Waals surface area contributed by atoms with Crippen molar-refractivity contribution in [1.82, 2.24) is 4.90 Å². The minimum atomic E-state index is -0.182. The molecule has 2 rings (SSSR count). The highest BCUT2D eigenvalue weighted by Crippen LogP contribution is 2.28. The molecule has 0 fully saturated rings. The molecule has 0 amide bonds. The third-order valence-corrected chi connectivity index (χ3v) is 6.49. The molecule has 0 heterocycles. The molecule has 34 heavy (non-hydrogen) atoms. The lowest BCUT2D eigenvalue weighted by molar-refractivity contribution is -0.142. The number of ether oxygens (including phenoxy) is 2. The van der Waals surface area contributed by atoms with Crippen molar-refractivity contribution >= 4 is 5.97 Å². The number of nitrogens with two attached hydrogens (primary N) is 1. The number of unbranched alkanes of at least 4 members (excludes halogenated alkanes) is 2. The first-order valence-corrected chi connectivity index (χ1v) is 12.8. The molecular formula is C29H44N2O3. The summed E-state index contributed by atoms with van der Waals surface area (Å²) in [6.45, 7) is 6.46. The van der Waals surface area contributed by atoms with E-state index in [2.05, 4.69) is 55.1 Å². The van der Waals surface area contributed by atoms with Gasteiger partial charge in [-0.2, -0.15) is 0 Å². The Morgan fingerprint density at radius 1 is 1.00 bits per heavy atom. The van der Waals surface area contributed by atoms with Gasteiger partial charge in [0, 0.05) is 18.6 Å². The second-order valence-electron chi connectivity index (χ2n) is 9.05. The van der Waals surface area contributed by atoms with Crippen LogP contribution in [-0.2, 0) is 20.9 Å². The zero-order valence-electron chi connectivity index (χ0n) is 21.3. The van der Waals surface area contributed by atoms with E-state index in [1.165, 1.54) is 31.1 Å². The van der Waals surface area contributed by atoms with Gasteiger partial charge >= 0.3 is 5.97 Å². The van der Waals surface area contributed by atoms with Crippen LogP contribution in [0.1, 0.15) is 76.0 Å². The molecule has 0 aliphatic heterocycles. The third-order valence-electron chi connectivity index (χ3n) is 6.49. The van der Waals surface area contributed by atoms with E-state index >= 15 is 0 Å². The van der Waals surface area contributed by atoms with E-state index in [4.69, 9.17) is 15.2 Å². The first-order valence-electron chi connectivity index (χ1n) is 12.8. The fraction of sp³-hybridized carbons (Fsp3) is 0.552. The number of esters is 1. The summed E-state index contributed by atoms with van der Waals surface area (Å²) in [4.78, 5) is 14.9. The summed E-state index contributed by atoms with van der Waals surface area (Å²) in [7, 11) is 1.47. The summed E-state index contributed by atoms with van der Waals surface area (Å²) in [5, 5.41) is 0. The molecule has 2 aromatic carbocycles. The summed E-state index contributed by atoms with van der Waals surface area (Å²) >= 11 is 0. The highest BCUT2D eigenvalue weighted by Gasteiger charge is 2.29. The SMILES string of the molecule is CCCCC[C@H](C[C@H](CC(=O)OC)N(CCCN)[C@H](C)c1ccccc1)OCc1ccccc1. The largest absolute Gasteiger partial charge is 0.469 e. The van der Waals surface area contributed by atoms with Crippen LogP contribution in [0.5, 0.6) is 0 Å². The van der Waals surface area contributed by atoms with Crippen LogP contribution in [0.15, 0.2) is 60.7 Å². The molecular weight excluding hydrogens is 424 g/mol. The maximum absolute atomic E-state index is 12.5. The van der Waals surface area contributed by atoms with Crippen molar-refractivity contribution in [3.63, 3.8) is 0 Å². The highest BCUT2D eigenvalue weighted by molar-refractivity contribution is 5.69. The molecule has 0 aliphatic rings. The molecule has 2 aromatic rings. The predicted molar refractivity (Wildman–Crippen MR) is 139 cm³/mol. The van der Waals surface area contributed by atoms with Crippen LogP contribution < -0.4 is 5.73 Å². The van der Waals surface area contributed by atoms with Crippen LogP contribution in [-0.4, -0.2) is 43.2 Å². The van der Waals surface area contributed by atoms with Gasteiger partial charge in [0.1, 0.15) is 0 Å². The molecule has 0 aliphatic carbocycles. The average molecular weight is 469 g/mol. The average Bonchev–Trinajstić information content (AvgIpc) is 2.88. The molecule has 0 unspecified atom stereocenters. The van der Waals surface area contributed by atoms with E-state index in [-0.39, 0.29) is 24.2 Å². The van der Waals surface area contributed by atoms with Gasteiger partial charge in [-0.1, -0.05) is 86.8 Å². The van der Waals surface area contributed by atoms with Crippen LogP contribution in [0.4, 0.5) is 0 Å². The van der Waals surface area contributed by atoms with Gasteiger partial charge in [-0.3, -0.25) is 9.69 Å². The number of methoxy groups -OCH3 is 1. The Morgan fingerprint density at radius 3 is 2.29 bits per heavy atom. The molecule has 0 aromatic heterocycles. The van der Waals surface area contributed by atoms with Crippen molar-refractivity contribution in [2.24, 2.45) is 5.73 Å².